The van der Waals surface area contributed by atoms with Crippen LogP contribution in [0.15, 0.2) is 26.0 Å². The van der Waals surface area contributed by atoms with Crippen molar-refractivity contribution < 1.29 is 13.2 Å². The first-order valence-corrected chi connectivity index (χ1v) is 9.19. The molecule has 0 aromatic heterocycles. The van der Waals surface area contributed by atoms with Crippen LogP contribution >= 0.6 is 31.9 Å². The first kappa shape index (κ1) is 17.9. The summed E-state index contributed by atoms with van der Waals surface area (Å²) in [5.41, 5.74) is 6.07. The highest BCUT2D eigenvalue weighted by Gasteiger charge is 2.27. The Labute approximate surface area is 136 Å². The smallest absolute Gasteiger partial charge is 0.246 e. The third-order valence-electron chi connectivity index (χ3n) is 2.68. The quantitative estimate of drug-likeness (QED) is 0.534. The number of rotatable bonds is 7. The molecule has 20 heavy (non-hydrogen) atoms. The van der Waals surface area contributed by atoms with Gasteiger partial charge in [-0.05, 0) is 35.0 Å². The van der Waals surface area contributed by atoms with Gasteiger partial charge in [-0.15, -0.1) is 0 Å². The molecule has 114 valence electrons. The van der Waals surface area contributed by atoms with Crippen molar-refractivity contribution in [2.45, 2.75) is 18.7 Å². The van der Waals surface area contributed by atoms with Crippen molar-refractivity contribution in [2.75, 3.05) is 32.0 Å². The number of benzene rings is 1. The van der Waals surface area contributed by atoms with E-state index in [1.807, 2.05) is 6.92 Å². The summed E-state index contributed by atoms with van der Waals surface area (Å²) in [5.74, 6) is 0. The van der Waals surface area contributed by atoms with Crippen molar-refractivity contribution in [3.8, 4) is 0 Å². The second-order valence-electron chi connectivity index (χ2n) is 4.00. The molecule has 8 heteroatoms. The van der Waals surface area contributed by atoms with E-state index in [9.17, 15) is 8.42 Å². The molecule has 1 aromatic carbocycles. The van der Waals surface area contributed by atoms with Gasteiger partial charge >= 0.3 is 0 Å². The molecule has 0 aliphatic heterocycles. The summed E-state index contributed by atoms with van der Waals surface area (Å²) in [6.45, 7) is 5.23. The molecule has 0 spiro atoms. The molecular formula is C12H18Br2N2O3S. The van der Waals surface area contributed by atoms with E-state index < -0.39 is 10.0 Å². The molecule has 0 radical (unpaired) electrons. The number of hydrogen-bond acceptors (Lipinski definition) is 4. The third-order valence-corrected chi connectivity index (χ3v) is 6.11. The maximum atomic E-state index is 12.7. The Morgan fingerprint density at radius 2 is 1.95 bits per heavy atom. The molecular weight excluding hydrogens is 412 g/mol. The van der Waals surface area contributed by atoms with E-state index >= 15 is 0 Å². The Balaban J connectivity index is 3.14. The third kappa shape index (κ3) is 4.17. The number of nitrogen functional groups attached to an aromatic ring is 1. The van der Waals surface area contributed by atoms with Crippen LogP contribution in [-0.2, 0) is 14.8 Å². The minimum absolute atomic E-state index is 0.0963. The lowest BCUT2D eigenvalue weighted by atomic mass is 10.3. The highest BCUT2D eigenvalue weighted by Crippen LogP contribution is 2.33. The van der Waals surface area contributed by atoms with E-state index in [-0.39, 0.29) is 10.6 Å². The van der Waals surface area contributed by atoms with Crippen LogP contribution < -0.4 is 5.73 Å². The molecule has 1 rings (SSSR count). The molecule has 5 nitrogen and oxygen atoms in total. The van der Waals surface area contributed by atoms with Crippen LogP contribution in [0, 0.1) is 0 Å². The molecule has 0 aliphatic rings. The predicted octanol–water partition coefficient (Wildman–Crippen LogP) is 2.84. The highest BCUT2D eigenvalue weighted by molar-refractivity contribution is 9.11. The number of sulfonamides is 1. The van der Waals surface area contributed by atoms with Gasteiger partial charge in [-0.3, -0.25) is 0 Å². The van der Waals surface area contributed by atoms with Crippen molar-refractivity contribution in [3.63, 3.8) is 0 Å². The van der Waals surface area contributed by atoms with Gasteiger partial charge in [-0.2, -0.15) is 4.31 Å². The van der Waals surface area contributed by atoms with E-state index in [4.69, 9.17) is 10.5 Å². The van der Waals surface area contributed by atoms with Gasteiger partial charge < -0.3 is 10.5 Å². The lowest BCUT2D eigenvalue weighted by Crippen LogP contribution is -2.34. The number of likely N-dealkylation sites (N-methyl/N-ethyl adjacent to an activating group) is 1. The number of anilines is 1. The van der Waals surface area contributed by atoms with Gasteiger partial charge in [0.2, 0.25) is 10.0 Å². The SMILES string of the molecule is CCOCCN(CC)S(=O)(=O)c1c(N)cc(Br)cc1Br. The molecule has 0 fully saturated rings. The zero-order chi connectivity index (χ0) is 15.3. The van der Waals surface area contributed by atoms with E-state index in [1.165, 1.54) is 4.31 Å². The number of halogens is 2. The van der Waals surface area contributed by atoms with Crippen LogP contribution in [0.3, 0.4) is 0 Å². The second kappa shape index (κ2) is 7.74. The summed E-state index contributed by atoms with van der Waals surface area (Å²) in [4.78, 5) is 0.0963. The standard InChI is InChI=1S/C12H18Br2N2O3S/c1-3-16(5-6-19-4-2)20(17,18)12-10(14)7-9(13)8-11(12)15/h7-8H,3-6,15H2,1-2H3. The van der Waals surface area contributed by atoms with Gasteiger partial charge in [-0.1, -0.05) is 22.9 Å². The second-order valence-corrected chi connectivity index (χ2v) is 7.64. The molecule has 0 unspecified atom stereocenters. The van der Waals surface area contributed by atoms with Crippen molar-refractivity contribution in [3.05, 3.63) is 21.1 Å². The average Bonchev–Trinajstić information content (AvgIpc) is 2.32. The Morgan fingerprint density at radius 1 is 1.30 bits per heavy atom. The van der Waals surface area contributed by atoms with Crippen molar-refractivity contribution in [2.24, 2.45) is 0 Å². The van der Waals surface area contributed by atoms with Crippen molar-refractivity contribution in [1.82, 2.24) is 4.31 Å². The summed E-state index contributed by atoms with van der Waals surface area (Å²) in [6.07, 6.45) is 0. The monoisotopic (exact) mass is 428 g/mol. The Kier molecular flexibility index (Phi) is 6.93. The zero-order valence-corrected chi connectivity index (χ0v) is 15.4. The average molecular weight is 430 g/mol. The number of nitrogens with two attached hydrogens (primary N) is 1. The normalized spacial score (nSPS) is 12.1. The van der Waals surface area contributed by atoms with Gasteiger partial charge in [0, 0.05) is 28.6 Å². The van der Waals surface area contributed by atoms with Crippen LogP contribution in [0.5, 0.6) is 0 Å². The van der Waals surface area contributed by atoms with Crippen LogP contribution in [0.25, 0.3) is 0 Å². The Morgan fingerprint density at radius 3 is 2.45 bits per heavy atom. The first-order chi connectivity index (χ1) is 9.34. The largest absolute Gasteiger partial charge is 0.398 e. The molecule has 0 bridgehead atoms. The van der Waals surface area contributed by atoms with Crippen LogP contribution in [0.1, 0.15) is 13.8 Å². The van der Waals surface area contributed by atoms with E-state index in [0.29, 0.717) is 30.8 Å². The predicted molar refractivity (Wildman–Crippen MR) is 87.2 cm³/mol. The topological polar surface area (TPSA) is 72.6 Å². The van der Waals surface area contributed by atoms with E-state index in [0.717, 1.165) is 4.47 Å². The van der Waals surface area contributed by atoms with Gasteiger partial charge in [-0.25, -0.2) is 8.42 Å². The van der Waals surface area contributed by atoms with Gasteiger partial charge in [0.1, 0.15) is 4.90 Å². The maximum Gasteiger partial charge on any atom is 0.246 e. The summed E-state index contributed by atoms with van der Waals surface area (Å²) in [5, 5.41) is 0. The maximum absolute atomic E-state index is 12.7. The molecule has 0 heterocycles. The molecule has 0 aliphatic carbocycles. The number of nitrogens with zero attached hydrogens (tertiary/aromatic N) is 1. The molecule has 0 atom stereocenters. The minimum atomic E-state index is -3.65. The lowest BCUT2D eigenvalue weighted by molar-refractivity contribution is 0.135. The van der Waals surface area contributed by atoms with Crippen molar-refractivity contribution >= 4 is 47.6 Å². The fourth-order valence-corrected chi connectivity index (χ4v) is 5.19. The fourth-order valence-electron chi connectivity index (χ4n) is 1.74. The highest BCUT2D eigenvalue weighted by atomic mass is 79.9. The number of hydrogen-bond donors (Lipinski definition) is 1. The molecule has 0 amide bonds. The van der Waals surface area contributed by atoms with E-state index in [1.54, 1.807) is 19.1 Å². The molecule has 0 saturated carbocycles. The van der Waals surface area contributed by atoms with Crippen LogP contribution in [0.4, 0.5) is 5.69 Å². The van der Waals surface area contributed by atoms with Gasteiger partial charge in [0.05, 0.1) is 12.3 Å². The Hall–Kier alpha value is -0.150. The van der Waals surface area contributed by atoms with Crippen LogP contribution in [-0.4, -0.2) is 39.0 Å². The molecule has 2 N–H and O–H groups in total. The zero-order valence-electron chi connectivity index (χ0n) is 11.4. The van der Waals surface area contributed by atoms with Crippen LogP contribution in [0.2, 0.25) is 0 Å². The first-order valence-electron chi connectivity index (χ1n) is 6.17. The Bertz CT molecular complexity index is 541. The van der Waals surface area contributed by atoms with E-state index in [2.05, 4.69) is 31.9 Å². The fraction of sp³-hybridized carbons (Fsp3) is 0.500. The summed E-state index contributed by atoms with van der Waals surface area (Å²) < 4.78 is 33.0. The minimum Gasteiger partial charge on any atom is -0.398 e. The number of ether oxygens (including phenoxy) is 1. The summed E-state index contributed by atoms with van der Waals surface area (Å²) in [6, 6.07) is 3.24. The van der Waals surface area contributed by atoms with Gasteiger partial charge in [0.25, 0.3) is 0 Å². The summed E-state index contributed by atoms with van der Waals surface area (Å²) in [7, 11) is -3.65. The summed E-state index contributed by atoms with van der Waals surface area (Å²) >= 11 is 6.55. The van der Waals surface area contributed by atoms with Crippen molar-refractivity contribution in [1.29, 1.82) is 0 Å². The van der Waals surface area contributed by atoms with Gasteiger partial charge in [0.15, 0.2) is 0 Å². The molecule has 1 aromatic rings. The molecule has 0 saturated heterocycles. The lowest BCUT2D eigenvalue weighted by Gasteiger charge is -2.22.